The summed E-state index contributed by atoms with van der Waals surface area (Å²) in [7, 11) is 1.65. The van der Waals surface area contributed by atoms with E-state index < -0.39 is 16.8 Å². The van der Waals surface area contributed by atoms with E-state index in [9.17, 15) is 19.7 Å². The number of aromatic nitrogens is 3. The van der Waals surface area contributed by atoms with Crippen molar-refractivity contribution < 1.29 is 23.6 Å². The van der Waals surface area contributed by atoms with Gasteiger partial charge in [0.15, 0.2) is 11.4 Å². The molecule has 0 bridgehead atoms. The molecule has 0 aliphatic heterocycles. The molecule has 0 saturated heterocycles. The van der Waals surface area contributed by atoms with Gasteiger partial charge in [-0.1, -0.05) is 0 Å². The molecule has 2 aromatic carbocycles. The molecule has 2 N–H and O–H groups in total. The summed E-state index contributed by atoms with van der Waals surface area (Å²) in [6.07, 6.45) is 0.926. The average molecular weight is 479 g/mol. The van der Waals surface area contributed by atoms with Gasteiger partial charge in [-0.25, -0.2) is 9.59 Å². The zero-order chi connectivity index (χ0) is 24.5. The van der Waals surface area contributed by atoms with Crippen LogP contribution in [-0.2, 0) is 11.8 Å². The van der Waals surface area contributed by atoms with Gasteiger partial charge in [0.2, 0.25) is 0 Å². The Hall–Kier alpha value is -4.61. The summed E-state index contributed by atoms with van der Waals surface area (Å²) in [6, 6.07) is 12.5. The number of carbonyl (C=O) groups excluding carboxylic acids is 1. The van der Waals surface area contributed by atoms with Crippen LogP contribution < -0.4 is 15.8 Å². The van der Waals surface area contributed by atoms with Crippen LogP contribution in [0.1, 0.15) is 30.9 Å². The van der Waals surface area contributed by atoms with Gasteiger partial charge < -0.3 is 19.2 Å². The van der Waals surface area contributed by atoms with Gasteiger partial charge >= 0.3 is 11.9 Å². The van der Waals surface area contributed by atoms with E-state index in [4.69, 9.17) is 13.9 Å². The van der Waals surface area contributed by atoms with Crippen molar-refractivity contribution in [3.05, 3.63) is 74.9 Å². The number of carbonyl (C=O) groups is 1. The zero-order valence-electron chi connectivity index (χ0n) is 18.6. The maximum atomic E-state index is 12.1. The van der Waals surface area contributed by atoms with Crippen molar-refractivity contribution in [1.29, 1.82) is 0 Å². The third kappa shape index (κ3) is 4.71. The summed E-state index contributed by atoms with van der Waals surface area (Å²) in [6.45, 7) is 0. The predicted octanol–water partition coefficient (Wildman–Crippen LogP) is 4.36. The number of aryl methyl sites for hydroxylation is 1. The minimum atomic E-state index is -0.848. The van der Waals surface area contributed by atoms with E-state index in [0.29, 0.717) is 29.8 Å². The summed E-state index contributed by atoms with van der Waals surface area (Å²) in [5.74, 6) is 0.491. The molecule has 1 aliphatic rings. The number of nitro benzene ring substituents is 1. The van der Waals surface area contributed by atoms with Crippen molar-refractivity contribution in [2.45, 2.75) is 31.3 Å². The van der Waals surface area contributed by atoms with Crippen LogP contribution in [0.3, 0.4) is 0 Å². The number of hydrogen-bond acceptors (Lipinski definition) is 9. The number of nitrogens with one attached hydrogen (secondary N) is 2. The lowest BCUT2D eigenvalue weighted by molar-refractivity contribution is -0.384. The van der Waals surface area contributed by atoms with Crippen LogP contribution in [0.15, 0.2) is 57.7 Å². The maximum absolute atomic E-state index is 12.1. The normalized spacial score (nSPS) is 17.4. The highest BCUT2D eigenvalue weighted by Gasteiger charge is 2.30. The monoisotopic (exact) mass is 479 g/mol. The first-order valence-electron chi connectivity index (χ1n) is 10.9. The van der Waals surface area contributed by atoms with Gasteiger partial charge in [0.1, 0.15) is 11.9 Å². The Balaban J connectivity index is 1.16. The second kappa shape index (κ2) is 8.97. The summed E-state index contributed by atoms with van der Waals surface area (Å²) in [5.41, 5.74) is 2.73. The summed E-state index contributed by atoms with van der Waals surface area (Å²) < 4.78 is 17.2. The summed E-state index contributed by atoms with van der Waals surface area (Å²) >= 11 is 0. The van der Waals surface area contributed by atoms with Crippen LogP contribution in [0.25, 0.3) is 11.1 Å². The third-order valence-electron chi connectivity index (χ3n) is 6.00. The Bertz CT molecular complexity index is 1450. The van der Waals surface area contributed by atoms with Crippen molar-refractivity contribution in [2.24, 2.45) is 7.05 Å². The van der Waals surface area contributed by atoms with E-state index in [0.717, 1.165) is 17.8 Å². The first-order valence-corrected chi connectivity index (χ1v) is 10.9. The van der Waals surface area contributed by atoms with Crippen LogP contribution in [0, 0.1) is 10.1 Å². The molecule has 2 aromatic heterocycles. The Morgan fingerprint density at radius 1 is 1.23 bits per heavy atom. The molecule has 0 unspecified atom stereocenters. The van der Waals surface area contributed by atoms with Crippen LogP contribution in [0.2, 0.25) is 0 Å². The molecule has 0 spiro atoms. The van der Waals surface area contributed by atoms with Gasteiger partial charge in [0.05, 0.1) is 10.4 Å². The second-order valence-electron chi connectivity index (χ2n) is 8.30. The van der Waals surface area contributed by atoms with Crippen molar-refractivity contribution in [3.63, 3.8) is 0 Å². The van der Waals surface area contributed by atoms with Crippen molar-refractivity contribution in [1.82, 2.24) is 14.8 Å². The maximum Gasteiger partial charge on any atom is 0.514 e. The molecule has 12 nitrogen and oxygen atoms in total. The van der Waals surface area contributed by atoms with E-state index >= 15 is 0 Å². The average Bonchev–Trinajstić information content (AvgIpc) is 3.54. The molecule has 35 heavy (non-hydrogen) atoms. The van der Waals surface area contributed by atoms with Crippen LogP contribution in [0.4, 0.5) is 22.0 Å². The van der Waals surface area contributed by atoms with Crippen molar-refractivity contribution >= 4 is 34.4 Å². The molecule has 0 radical (unpaired) electrons. The largest absolute Gasteiger partial charge is 0.514 e. The first kappa shape index (κ1) is 22.2. The predicted molar refractivity (Wildman–Crippen MR) is 124 cm³/mol. The number of rotatable bonds is 6. The minimum absolute atomic E-state index is 0.0926. The highest BCUT2D eigenvalue weighted by molar-refractivity contribution is 5.78. The topological polar surface area (TPSA) is 155 Å². The molecule has 5 rings (SSSR count). The third-order valence-corrected chi connectivity index (χ3v) is 6.00. The lowest BCUT2D eigenvalue weighted by Gasteiger charge is -2.12. The molecule has 1 fully saturated rings. The van der Waals surface area contributed by atoms with E-state index in [1.807, 2.05) is 12.1 Å². The molecular weight excluding hydrogens is 458 g/mol. The molecule has 12 heteroatoms. The number of anilines is 2. The molecule has 2 atom stereocenters. The van der Waals surface area contributed by atoms with E-state index in [2.05, 4.69) is 15.5 Å². The Labute approximate surface area is 197 Å². The Morgan fingerprint density at radius 3 is 2.80 bits per heavy atom. The molecule has 1 aliphatic carbocycles. The summed E-state index contributed by atoms with van der Waals surface area (Å²) in [5, 5.41) is 21.2. The number of aromatic amines is 1. The van der Waals surface area contributed by atoms with E-state index in [-0.39, 0.29) is 23.5 Å². The molecular formula is C23H21N5O7. The molecule has 4 aromatic rings. The molecule has 2 heterocycles. The second-order valence-corrected chi connectivity index (χ2v) is 8.30. The smallest absolute Gasteiger partial charge is 0.431 e. The number of nitro groups is 1. The van der Waals surface area contributed by atoms with Crippen LogP contribution in [-0.4, -0.2) is 31.9 Å². The van der Waals surface area contributed by atoms with Gasteiger partial charge in [-0.3, -0.25) is 19.8 Å². The lowest BCUT2D eigenvalue weighted by Crippen LogP contribution is -2.18. The lowest BCUT2D eigenvalue weighted by atomic mass is 10.0. The van der Waals surface area contributed by atoms with Crippen molar-refractivity contribution in [2.75, 3.05) is 5.32 Å². The van der Waals surface area contributed by atoms with Gasteiger partial charge in [-0.15, -0.1) is 0 Å². The minimum Gasteiger partial charge on any atom is -0.431 e. The van der Waals surface area contributed by atoms with Gasteiger partial charge in [0, 0.05) is 48.6 Å². The highest BCUT2D eigenvalue weighted by Crippen LogP contribution is 2.36. The van der Waals surface area contributed by atoms with Crippen LogP contribution >= 0.6 is 0 Å². The number of benzene rings is 2. The fourth-order valence-corrected chi connectivity index (χ4v) is 4.19. The van der Waals surface area contributed by atoms with Crippen LogP contribution in [0.5, 0.6) is 5.75 Å². The fourth-order valence-electron chi connectivity index (χ4n) is 4.19. The molecule has 1 saturated carbocycles. The fraction of sp³-hybridized carbons (Fsp3) is 0.261. The van der Waals surface area contributed by atoms with Crippen molar-refractivity contribution in [3.8, 4) is 5.75 Å². The number of oxazole rings is 1. The number of non-ortho nitro benzene ring substituents is 1. The number of nitrogens with zero attached hydrogens (tertiary/aromatic N) is 3. The number of fused-ring (bicyclic) bond motifs is 1. The van der Waals surface area contributed by atoms with Gasteiger partial charge in [-0.2, -0.15) is 5.10 Å². The van der Waals surface area contributed by atoms with E-state index in [1.165, 1.54) is 28.8 Å². The van der Waals surface area contributed by atoms with E-state index in [1.54, 1.807) is 19.2 Å². The molecule has 180 valence electrons. The first-order chi connectivity index (χ1) is 16.9. The number of ether oxygens (including phenoxy) is 2. The zero-order valence-corrected chi connectivity index (χ0v) is 18.6. The SMILES string of the molecule is Cn1c(=O)oc2cc(Nc3cc([C@H]4CC[C@@H](OC(=O)Oc5ccc([N+](=O)[O-])cc5)C4)[nH]n3)ccc21. The van der Waals surface area contributed by atoms with Gasteiger partial charge in [0.25, 0.3) is 5.69 Å². The molecule has 0 amide bonds. The standard InChI is InChI=1S/C23H21N5O7/c1-27-19-9-3-14(11-20(19)35-22(27)29)24-21-12-18(25-26-21)13-2-6-17(10-13)34-23(30)33-16-7-4-15(5-8-16)28(31)32/h3-5,7-9,11-13,17H,2,6,10H2,1H3,(H2,24,25,26)/t13-,17+/m0/s1. The highest BCUT2D eigenvalue weighted by atomic mass is 16.7. The summed E-state index contributed by atoms with van der Waals surface area (Å²) in [4.78, 5) is 34.0. The number of hydrogen-bond donors (Lipinski definition) is 2. The quantitative estimate of drug-likeness (QED) is 0.178. The number of H-pyrrole nitrogens is 1. The van der Waals surface area contributed by atoms with Gasteiger partial charge in [-0.05, 0) is 43.5 Å². The Kier molecular flexibility index (Phi) is 5.69. The Morgan fingerprint density at radius 2 is 2.03 bits per heavy atom.